The van der Waals surface area contributed by atoms with Gasteiger partial charge in [0, 0.05) is 26.1 Å². The van der Waals surface area contributed by atoms with Crippen LogP contribution in [0.3, 0.4) is 0 Å². The average Bonchev–Trinajstić information content (AvgIpc) is 3.13. The van der Waals surface area contributed by atoms with Crippen LogP contribution in [0.4, 0.5) is 0 Å². The Hall–Kier alpha value is -2.70. The van der Waals surface area contributed by atoms with Crippen molar-refractivity contribution in [1.82, 2.24) is 14.5 Å². The van der Waals surface area contributed by atoms with E-state index in [1.54, 1.807) is 27.7 Å². The second-order valence-corrected chi connectivity index (χ2v) is 8.14. The van der Waals surface area contributed by atoms with Gasteiger partial charge >= 0.3 is 5.97 Å². The Bertz CT molecular complexity index is 987. The minimum atomic E-state index is -0.573. The maximum atomic E-state index is 12.5. The Kier molecular flexibility index (Phi) is 4.91. The molecule has 1 aromatic heterocycles. The van der Waals surface area contributed by atoms with Crippen molar-refractivity contribution in [3.63, 3.8) is 0 Å². The summed E-state index contributed by atoms with van der Waals surface area (Å²) in [6, 6.07) is 4.75. The van der Waals surface area contributed by atoms with E-state index in [0.717, 1.165) is 25.1 Å². The molecule has 3 heterocycles. The molecule has 0 bridgehead atoms. The molecule has 0 unspecified atom stereocenters. The maximum absolute atomic E-state index is 12.5. The fraction of sp³-hybridized carbons (Fsp3) is 0.524. The molecule has 1 amide bonds. The molecule has 7 nitrogen and oxygen atoms in total. The zero-order valence-electron chi connectivity index (χ0n) is 16.3. The van der Waals surface area contributed by atoms with Crippen LogP contribution in [0.2, 0.25) is 0 Å². The number of carbonyl (C=O) groups is 2. The monoisotopic (exact) mass is 383 g/mol. The van der Waals surface area contributed by atoms with Crippen LogP contribution in [-0.2, 0) is 22.5 Å². The number of carbonyl (C=O) groups excluding carboxylic acids is 2. The number of rotatable bonds is 3. The van der Waals surface area contributed by atoms with Gasteiger partial charge in [0.1, 0.15) is 5.82 Å². The first-order valence-corrected chi connectivity index (χ1v) is 9.90. The Morgan fingerprint density at radius 1 is 1.21 bits per heavy atom. The largest absolute Gasteiger partial charge is 0.452 e. The van der Waals surface area contributed by atoms with Crippen LogP contribution >= 0.6 is 0 Å². The van der Waals surface area contributed by atoms with Gasteiger partial charge in [-0.15, -0.1) is 0 Å². The van der Waals surface area contributed by atoms with Crippen LogP contribution in [0.15, 0.2) is 23.0 Å². The van der Waals surface area contributed by atoms with E-state index in [2.05, 4.69) is 18.8 Å². The van der Waals surface area contributed by atoms with E-state index in [-0.39, 0.29) is 18.1 Å². The Morgan fingerprint density at radius 2 is 1.96 bits per heavy atom. The molecule has 2 aromatic rings. The molecule has 0 aliphatic carbocycles. The summed E-state index contributed by atoms with van der Waals surface area (Å²) < 4.78 is 6.94. The van der Waals surface area contributed by atoms with E-state index in [4.69, 9.17) is 4.74 Å². The Morgan fingerprint density at radius 3 is 2.71 bits per heavy atom. The molecule has 1 saturated heterocycles. The highest BCUT2D eigenvalue weighted by molar-refractivity contribution is 5.95. The third-order valence-corrected chi connectivity index (χ3v) is 5.60. The molecule has 0 N–H and O–H groups in total. The van der Waals surface area contributed by atoms with E-state index in [9.17, 15) is 14.4 Å². The summed E-state index contributed by atoms with van der Waals surface area (Å²) >= 11 is 0. The highest BCUT2D eigenvalue weighted by Crippen LogP contribution is 2.21. The number of benzene rings is 1. The molecule has 2 aliphatic heterocycles. The lowest BCUT2D eigenvalue weighted by molar-refractivity contribution is -0.137. The lowest BCUT2D eigenvalue weighted by Crippen LogP contribution is -2.44. The lowest BCUT2D eigenvalue weighted by Gasteiger charge is -2.34. The predicted molar refractivity (Wildman–Crippen MR) is 104 cm³/mol. The van der Waals surface area contributed by atoms with Crippen molar-refractivity contribution in [1.29, 1.82) is 0 Å². The fourth-order valence-electron chi connectivity index (χ4n) is 4.38. The van der Waals surface area contributed by atoms with Gasteiger partial charge in [-0.05, 0) is 42.9 Å². The number of likely N-dealkylation sites (tertiary alicyclic amines) is 1. The molecule has 0 saturated carbocycles. The van der Waals surface area contributed by atoms with Gasteiger partial charge in [-0.25, -0.2) is 9.78 Å². The number of fused-ring (bicyclic) bond motifs is 2. The minimum absolute atomic E-state index is 0.0686. The van der Waals surface area contributed by atoms with Crippen LogP contribution in [0.25, 0.3) is 10.9 Å². The number of aromatic nitrogens is 2. The van der Waals surface area contributed by atoms with Gasteiger partial charge in [0.25, 0.3) is 11.5 Å². The van der Waals surface area contributed by atoms with E-state index in [1.165, 1.54) is 0 Å². The number of hydrogen-bond acceptors (Lipinski definition) is 5. The van der Waals surface area contributed by atoms with Gasteiger partial charge in [-0.2, -0.15) is 0 Å². The summed E-state index contributed by atoms with van der Waals surface area (Å²) in [6.07, 6.45) is 2.78. The standard InChI is InChI=1S/C21H25N3O4/c1-13-8-14(2)11-23(10-13)19(25)12-28-21(27)15-5-6-16-17(9-15)22-18-4-3-7-24(18)20(16)26/h5-6,9,13-14H,3-4,7-8,10-12H2,1-2H3/t13-,14-/m1/s1. The van der Waals surface area contributed by atoms with Crippen molar-refractivity contribution >= 4 is 22.8 Å². The quantitative estimate of drug-likeness (QED) is 0.758. The molecule has 0 radical (unpaired) electrons. The SMILES string of the molecule is C[C@@H]1C[C@@H](C)CN(C(=O)COC(=O)c2ccc3c(=O)n4c(nc3c2)CCC4)C1. The number of piperidine rings is 1. The smallest absolute Gasteiger partial charge is 0.338 e. The van der Waals surface area contributed by atoms with Crippen molar-refractivity contribution in [2.45, 2.75) is 39.7 Å². The maximum Gasteiger partial charge on any atom is 0.338 e. The minimum Gasteiger partial charge on any atom is -0.452 e. The normalized spacial score (nSPS) is 21.6. The second kappa shape index (κ2) is 7.37. The lowest BCUT2D eigenvalue weighted by atomic mass is 9.92. The summed E-state index contributed by atoms with van der Waals surface area (Å²) in [5.74, 6) is 0.927. The summed E-state index contributed by atoms with van der Waals surface area (Å²) in [5.41, 5.74) is 0.731. The van der Waals surface area contributed by atoms with Gasteiger partial charge in [-0.3, -0.25) is 14.2 Å². The predicted octanol–water partition coefficient (Wildman–Crippen LogP) is 2.00. The molecule has 4 rings (SSSR count). The van der Waals surface area contributed by atoms with Crippen molar-refractivity contribution in [3.05, 3.63) is 39.9 Å². The van der Waals surface area contributed by atoms with Crippen molar-refractivity contribution in [3.8, 4) is 0 Å². The van der Waals surface area contributed by atoms with Crippen LogP contribution in [0.5, 0.6) is 0 Å². The van der Waals surface area contributed by atoms with Gasteiger partial charge in [-0.1, -0.05) is 13.8 Å². The third kappa shape index (κ3) is 3.53. The molecule has 148 valence electrons. The van der Waals surface area contributed by atoms with Gasteiger partial charge < -0.3 is 9.64 Å². The van der Waals surface area contributed by atoms with Crippen LogP contribution in [0, 0.1) is 11.8 Å². The number of esters is 1. The second-order valence-electron chi connectivity index (χ2n) is 8.14. The molecular formula is C21H25N3O4. The van der Waals surface area contributed by atoms with Crippen LogP contribution < -0.4 is 5.56 Å². The number of ether oxygens (including phenoxy) is 1. The summed E-state index contributed by atoms with van der Waals surface area (Å²) in [5, 5.41) is 0.495. The van der Waals surface area contributed by atoms with Gasteiger partial charge in [0.2, 0.25) is 0 Å². The number of aryl methyl sites for hydroxylation is 1. The molecule has 7 heteroatoms. The van der Waals surface area contributed by atoms with E-state index < -0.39 is 5.97 Å². The van der Waals surface area contributed by atoms with Crippen LogP contribution in [0.1, 0.15) is 42.9 Å². The first kappa shape index (κ1) is 18.7. The highest BCUT2D eigenvalue weighted by atomic mass is 16.5. The van der Waals surface area contributed by atoms with Gasteiger partial charge in [0.05, 0.1) is 16.5 Å². The van der Waals surface area contributed by atoms with Gasteiger partial charge in [0.15, 0.2) is 6.61 Å². The van der Waals surface area contributed by atoms with Crippen molar-refractivity contribution in [2.24, 2.45) is 11.8 Å². The first-order valence-electron chi connectivity index (χ1n) is 9.90. The number of amides is 1. The van der Waals surface area contributed by atoms with E-state index in [0.29, 0.717) is 47.9 Å². The zero-order valence-corrected chi connectivity index (χ0v) is 16.3. The molecule has 2 aliphatic rings. The molecule has 0 spiro atoms. The molecule has 1 aromatic carbocycles. The molecular weight excluding hydrogens is 358 g/mol. The topological polar surface area (TPSA) is 81.5 Å². The van der Waals surface area contributed by atoms with Crippen molar-refractivity contribution < 1.29 is 14.3 Å². The summed E-state index contributed by atoms with van der Waals surface area (Å²) in [7, 11) is 0. The third-order valence-electron chi connectivity index (χ3n) is 5.60. The van der Waals surface area contributed by atoms with E-state index >= 15 is 0 Å². The Balaban J connectivity index is 1.46. The van der Waals surface area contributed by atoms with Crippen molar-refractivity contribution in [2.75, 3.05) is 19.7 Å². The molecule has 2 atom stereocenters. The average molecular weight is 383 g/mol. The highest BCUT2D eigenvalue weighted by Gasteiger charge is 2.26. The number of nitrogens with zero attached hydrogens (tertiary/aromatic N) is 3. The molecule has 1 fully saturated rings. The first-order chi connectivity index (χ1) is 13.4. The molecule has 28 heavy (non-hydrogen) atoms. The summed E-state index contributed by atoms with van der Waals surface area (Å²) in [4.78, 5) is 43.6. The number of hydrogen-bond donors (Lipinski definition) is 0. The Labute approximate surface area is 163 Å². The zero-order chi connectivity index (χ0) is 19.8. The fourth-order valence-corrected chi connectivity index (χ4v) is 4.38. The van der Waals surface area contributed by atoms with E-state index in [1.807, 2.05) is 0 Å². The van der Waals surface area contributed by atoms with Crippen LogP contribution in [-0.4, -0.2) is 46.0 Å². The summed E-state index contributed by atoms with van der Waals surface area (Å²) in [6.45, 7) is 6.09.